The highest BCUT2D eigenvalue weighted by molar-refractivity contribution is 5.85. The summed E-state index contributed by atoms with van der Waals surface area (Å²) in [5.41, 5.74) is 3.20. The molecule has 0 N–H and O–H groups in total. The highest BCUT2D eigenvalue weighted by atomic mass is 35.5. The minimum absolute atomic E-state index is 0. The van der Waals surface area contributed by atoms with Crippen LogP contribution in [0.4, 0.5) is 0 Å². The third kappa shape index (κ3) is 4.32. The van der Waals surface area contributed by atoms with Crippen molar-refractivity contribution in [3.63, 3.8) is 0 Å². The number of imidazole rings is 2. The standard InChI is InChI=1S/C20H18N4O.ClH/c1-2-4-17(5-3-1)14-25-20-8-6-19(7-9-20)24-13-18(22-16-24)12-23-11-10-21-15-23;/h1-11,13,15-16H,12,14H2;1H. The molecule has 0 spiro atoms. The number of halogens is 1. The third-order valence-electron chi connectivity index (χ3n) is 3.92. The topological polar surface area (TPSA) is 44.9 Å². The summed E-state index contributed by atoms with van der Waals surface area (Å²) in [4.78, 5) is 8.50. The van der Waals surface area contributed by atoms with Crippen molar-refractivity contribution < 1.29 is 4.74 Å². The Bertz CT molecular complexity index is 918. The molecule has 4 aromatic rings. The maximum atomic E-state index is 5.82. The first-order valence-electron chi connectivity index (χ1n) is 8.12. The normalized spacial score (nSPS) is 10.3. The molecule has 0 aliphatic heterocycles. The van der Waals surface area contributed by atoms with Crippen LogP contribution in [0.2, 0.25) is 0 Å². The van der Waals surface area contributed by atoms with Crippen molar-refractivity contribution in [3.8, 4) is 11.4 Å². The lowest BCUT2D eigenvalue weighted by atomic mass is 10.2. The molecule has 0 radical (unpaired) electrons. The fourth-order valence-electron chi connectivity index (χ4n) is 2.61. The molecule has 0 amide bonds. The molecule has 2 aromatic heterocycles. The van der Waals surface area contributed by atoms with Crippen LogP contribution in [-0.4, -0.2) is 19.1 Å². The first kappa shape index (κ1) is 17.8. The van der Waals surface area contributed by atoms with Crippen LogP contribution < -0.4 is 4.74 Å². The molecule has 132 valence electrons. The van der Waals surface area contributed by atoms with E-state index in [9.17, 15) is 0 Å². The average molecular weight is 367 g/mol. The van der Waals surface area contributed by atoms with E-state index in [1.54, 1.807) is 12.5 Å². The largest absolute Gasteiger partial charge is 0.489 e. The summed E-state index contributed by atoms with van der Waals surface area (Å²) >= 11 is 0. The molecule has 4 rings (SSSR count). The Balaban J connectivity index is 0.00000196. The van der Waals surface area contributed by atoms with Gasteiger partial charge in [0.05, 0.1) is 24.9 Å². The van der Waals surface area contributed by atoms with Crippen molar-refractivity contribution in [2.24, 2.45) is 0 Å². The summed E-state index contributed by atoms with van der Waals surface area (Å²) in [6.07, 6.45) is 9.34. The van der Waals surface area contributed by atoms with Gasteiger partial charge in [0.2, 0.25) is 0 Å². The predicted octanol–water partition coefficient (Wildman–Crippen LogP) is 4.12. The van der Waals surface area contributed by atoms with Crippen molar-refractivity contribution >= 4 is 12.4 Å². The molecule has 0 aliphatic carbocycles. The van der Waals surface area contributed by atoms with Crippen molar-refractivity contribution in [1.29, 1.82) is 0 Å². The molecule has 0 bridgehead atoms. The van der Waals surface area contributed by atoms with Crippen LogP contribution in [0.3, 0.4) is 0 Å². The van der Waals surface area contributed by atoms with E-state index >= 15 is 0 Å². The monoisotopic (exact) mass is 366 g/mol. The van der Waals surface area contributed by atoms with Gasteiger partial charge in [-0.15, -0.1) is 12.4 Å². The molecule has 0 saturated carbocycles. The summed E-state index contributed by atoms with van der Waals surface area (Å²) in [6.45, 7) is 1.28. The number of hydrogen-bond donors (Lipinski definition) is 0. The van der Waals surface area contributed by atoms with Crippen LogP contribution in [0.15, 0.2) is 85.8 Å². The molecule has 0 fully saturated rings. The van der Waals surface area contributed by atoms with E-state index in [0.717, 1.165) is 22.7 Å². The van der Waals surface area contributed by atoms with Crippen LogP contribution in [0.5, 0.6) is 5.75 Å². The number of benzene rings is 2. The van der Waals surface area contributed by atoms with Gasteiger partial charge in [0.1, 0.15) is 12.4 Å². The Kier molecular flexibility index (Phi) is 5.71. The smallest absolute Gasteiger partial charge is 0.119 e. The van der Waals surface area contributed by atoms with Crippen LogP contribution >= 0.6 is 12.4 Å². The maximum Gasteiger partial charge on any atom is 0.119 e. The molecule has 0 saturated heterocycles. The van der Waals surface area contributed by atoms with Gasteiger partial charge in [0.25, 0.3) is 0 Å². The lowest BCUT2D eigenvalue weighted by Gasteiger charge is -2.07. The molecule has 0 unspecified atom stereocenters. The van der Waals surface area contributed by atoms with Crippen LogP contribution in [0.25, 0.3) is 5.69 Å². The van der Waals surface area contributed by atoms with Gasteiger partial charge < -0.3 is 13.9 Å². The molecule has 2 heterocycles. The molecule has 0 atom stereocenters. The van der Waals surface area contributed by atoms with Gasteiger partial charge in [-0.05, 0) is 29.8 Å². The highest BCUT2D eigenvalue weighted by Gasteiger charge is 2.03. The molecule has 5 nitrogen and oxygen atoms in total. The summed E-state index contributed by atoms with van der Waals surface area (Å²) in [5, 5.41) is 0. The first-order chi connectivity index (χ1) is 12.4. The van der Waals surface area contributed by atoms with Gasteiger partial charge in [-0.1, -0.05) is 30.3 Å². The van der Waals surface area contributed by atoms with E-state index in [4.69, 9.17) is 4.74 Å². The summed E-state index contributed by atoms with van der Waals surface area (Å²) in [5.74, 6) is 0.853. The number of hydrogen-bond acceptors (Lipinski definition) is 3. The van der Waals surface area contributed by atoms with Gasteiger partial charge >= 0.3 is 0 Å². The number of nitrogens with zero attached hydrogens (tertiary/aromatic N) is 4. The fourth-order valence-corrected chi connectivity index (χ4v) is 2.61. The van der Waals surface area contributed by atoms with E-state index in [0.29, 0.717) is 13.2 Å². The van der Waals surface area contributed by atoms with Gasteiger partial charge in [0.15, 0.2) is 0 Å². The van der Waals surface area contributed by atoms with Gasteiger partial charge in [-0.2, -0.15) is 0 Å². The van der Waals surface area contributed by atoms with Crippen LogP contribution in [0.1, 0.15) is 11.3 Å². The number of aromatic nitrogens is 4. The van der Waals surface area contributed by atoms with E-state index in [1.807, 2.05) is 70.3 Å². The molecular weight excluding hydrogens is 348 g/mol. The number of rotatable bonds is 6. The average Bonchev–Trinajstić information content (AvgIpc) is 3.34. The Morgan fingerprint density at radius 2 is 1.73 bits per heavy atom. The van der Waals surface area contributed by atoms with Crippen LogP contribution in [-0.2, 0) is 13.2 Å². The van der Waals surface area contributed by atoms with Crippen molar-refractivity contribution in [2.45, 2.75) is 13.2 Å². The van der Waals surface area contributed by atoms with E-state index in [2.05, 4.69) is 22.1 Å². The quantitative estimate of drug-likeness (QED) is 0.515. The predicted molar refractivity (Wildman–Crippen MR) is 103 cm³/mol. The number of ether oxygens (including phenoxy) is 1. The lowest BCUT2D eigenvalue weighted by molar-refractivity contribution is 0.306. The SMILES string of the molecule is Cl.c1ccc(COc2ccc(-n3cnc(Cn4ccnc4)c3)cc2)cc1. The second-order valence-electron chi connectivity index (χ2n) is 5.78. The highest BCUT2D eigenvalue weighted by Crippen LogP contribution is 2.17. The minimum Gasteiger partial charge on any atom is -0.489 e. The molecular formula is C20H19ClN4O. The summed E-state index contributed by atoms with van der Waals surface area (Å²) < 4.78 is 9.82. The second kappa shape index (κ2) is 8.36. The zero-order chi connectivity index (χ0) is 16.9. The van der Waals surface area contributed by atoms with Crippen molar-refractivity contribution in [3.05, 3.63) is 97.1 Å². The first-order valence-corrected chi connectivity index (χ1v) is 8.12. The van der Waals surface area contributed by atoms with Gasteiger partial charge in [-0.25, -0.2) is 9.97 Å². The lowest BCUT2D eigenvalue weighted by Crippen LogP contribution is -1.97. The Labute approximate surface area is 158 Å². The van der Waals surface area contributed by atoms with Crippen molar-refractivity contribution in [2.75, 3.05) is 0 Å². The zero-order valence-electron chi connectivity index (χ0n) is 14.1. The van der Waals surface area contributed by atoms with E-state index in [1.165, 1.54) is 0 Å². The third-order valence-corrected chi connectivity index (χ3v) is 3.92. The van der Waals surface area contributed by atoms with Crippen molar-refractivity contribution in [1.82, 2.24) is 19.1 Å². The molecule has 0 aliphatic rings. The second-order valence-corrected chi connectivity index (χ2v) is 5.78. The Morgan fingerprint density at radius 1 is 0.923 bits per heavy atom. The minimum atomic E-state index is 0. The fraction of sp³-hybridized carbons (Fsp3) is 0.100. The Morgan fingerprint density at radius 3 is 2.46 bits per heavy atom. The Hall–Kier alpha value is -3.05. The summed E-state index contributed by atoms with van der Waals surface area (Å²) in [7, 11) is 0. The maximum absolute atomic E-state index is 5.82. The summed E-state index contributed by atoms with van der Waals surface area (Å²) in [6, 6.07) is 18.2. The van der Waals surface area contributed by atoms with Gasteiger partial charge in [-0.3, -0.25) is 0 Å². The molecule has 6 heteroatoms. The zero-order valence-corrected chi connectivity index (χ0v) is 14.9. The molecule has 26 heavy (non-hydrogen) atoms. The van der Waals surface area contributed by atoms with E-state index < -0.39 is 0 Å². The molecule has 2 aromatic carbocycles. The van der Waals surface area contributed by atoms with E-state index in [-0.39, 0.29) is 12.4 Å². The van der Waals surface area contributed by atoms with Crippen LogP contribution in [0, 0.1) is 0 Å². The van der Waals surface area contributed by atoms with Gasteiger partial charge in [0, 0.05) is 24.3 Å².